The van der Waals surface area contributed by atoms with E-state index >= 15 is 0 Å². The Labute approximate surface area is 103 Å². The minimum absolute atomic E-state index is 0.0349. The monoisotopic (exact) mass is 229 g/mol. The van der Waals surface area contributed by atoms with Crippen LogP contribution in [-0.4, -0.2) is 5.78 Å². The van der Waals surface area contributed by atoms with E-state index in [2.05, 4.69) is 0 Å². The average molecular weight is 229 g/mol. The Morgan fingerprint density at radius 1 is 1.18 bits per heavy atom. The Morgan fingerprint density at radius 2 is 1.76 bits per heavy atom. The topological polar surface area (TPSA) is 43.1 Å². The predicted octanol–water partition coefficient (Wildman–Crippen LogP) is 3.16. The lowest BCUT2D eigenvalue weighted by atomic mass is 9.90. The maximum atomic E-state index is 11.7. The molecular formula is C15H19NO. The van der Waals surface area contributed by atoms with Crippen LogP contribution in [0.4, 0.5) is 0 Å². The normalized spacial score (nSPS) is 13.0. The van der Waals surface area contributed by atoms with Gasteiger partial charge in [-0.15, -0.1) is 0 Å². The number of carbonyl (C=O) groups is 1. The summed E-state index contributed by atoms with van der Waals surface area (Å²) >= 11 is 0. The molecule has 17 heavy (non-hydrogen) atoms. The summed E-state index contributed by atoms with van der Waals surface area (Å²) in [5.74, 6) is 0.0349. The van der Waals surface area contributed by atoms with Crippen LogP contribution in [0.1, 0.15) is 26.3 Å². The van der Waals surface area contributed by atoms with Crippen molar-refractivity contribution in [2.75, 3.05) is 0 Å². The summed E-state index contributed by atoms with van der Waals surface area (Å²) in [7, 11) is 0. The summed E-state index contributed by atoms with van der Waals surface area (Å²) in [4.78, 5) is 11.7. The zero-order chi connectivity index (χ0) is 12.9. The van der Waals surface area contributed by atoms with Gasteiger partial charge in [-0.3, -0.25) is 4.79 Å². The van der Waals surface area contributed by atoms with E-state index in [0.29, 0.717) is 5.70 Å². The summed E-state index contributed by atoms with van der Waals surface area (Å²) in [6, 6.07) is 9.84. The van der Waals surface area contributed by atoms with Crippen LogP contribution in [0, 0.1) is 5.41 Å². The molecule has 0 spiro atoms. The summed E-state index contributed by atoms with van der Waals surface area (Å²) in [6.45, 7) is 5.63. The van der Waals surface area contributed by atoms with Crippen molar-refractivity contribution >= 4 is 11.9 Å². The molecule has 2 heteroatoms. The summed E-state index contributed by atoms with van der Waals surface area (Å²) in [5.41, 5.74) is 6.93. The first-order valence-corrected chi connectivity index (χ1v) is 5.64. The van der Waals surface area contributed by atoms with E-state index in [1.807, 2.05) is 57.2 Å². The fourth-order valence-corrected chi connectivity index (χ4v) is 1.17. The first-order valence-electron chi connectivity index (χ1n) is 5.64. The maximum Gasteiger partial charge on any atom is 0.163 e. The molecule has 2 N–H and O–H groups in total. The SMILES string of the molecule is CC(C)(C)C(=O)C=C(N)/C=C/c1ccccc1. The Bertz CT molecular complexity index is 436. The van der Waals surface area contributed by atoms with E-state index in [-0.39, 0.29) is 11.2 Å². The highest BCUT2D eigenvalue weighted by atomic mass is 16.1. The molecule has 0 unspecified atom stereocenters. The van der Waals surface area contributed by atoms with Gasteiger partial charge in [0.2, 0.25) is 0 Å². The van der Waals surface area contributed by atoms with E-state index in [9.17, 15) is 4.79 Å². The lowest BCUT2D eigenvalue weighted by Gasteiger charge is -2.13. The van der Waals surface area contributed by atoms with Gasteiger partial charge in [-0.2, -0.15) is 0 Å². The zero-order valence-electron chi connectivity index (χ0n) is 10.6. The smallest absolute Gasteiger partial charge is 0.163 e. The van der Waals surface area contributed by atoms with Crippen LogP contribution in [0.25, 0.3) is 6.08 Å². The molecule has 1 aromatic carbocycles. The van der Waals surface area contributed by atoms with Crippen LogP contribution in [0.5, 0.6) is 0 Å². The minimum atomic E-state index is -0.384. The lowest BCUT2D eigenvalue weighted by molar-refractivity contribution is -0.121. The molecule has 0 aliphatic rings. The second kappa shape index (κ2) is 5.48. The van der Waals surface area contributed by atoms with E-state index in [4.69, 9.17) is 5.73 Å². The number of carbonyl (C=O) groups excluding carboxylic acids is 1. The molecule has 1 aromatic rings. The van der Waals surface area contributed by atoms with Crippen molar-refractivity contribution in [2.45, 2.75) is 20.8 Å². The number of allylic oxidation sites excluding steroid dienone is 2. The van der Waals surface area contributed by atoms with E-state index in [0.717, 1.165) is 5.56 Å². The molecule has 0 bridgehead atoms. The van der Waals surface area contributed by atoms with Crippen molar-refractivity contribution in [1.29, 1.82) is 0 Å². The molecule has 0 aliphatic carbocycles. The molecule has 0 heterocycles. The first kappa shape index (κ1) is 13.2. The Balaban J connectivity index is 2.73. The van der Waals surface area contributed by atoms with Crippen LogP contribution in [0.3, 0.4) is 0 Å². The van der Waals surface area contributed by atoms with Gasteiger partial charge in [0.25, 0.3) is 0 Å². The van der Waals surface area contributed by atoms with Crippen LogP contribution in [-0.2, 0) is 4.79 Å². The van der Waals surface area contributed by atoms with Crippen molar-refractivity contribution in [2.24, 2.45) is 11.1 Å². The average Bonchev–Trinajstić information content (AvgIpc) is 2.26. The van der Waals surface area contributed by atoms with Crippen molar-refractivity contribution in [1.82, 2.24) is 0 Å². The van der Waals surface area contributed by atoms with Crippen molar-refractivity contribution in [3.8, 4) is 0 Å². The van der Waals surface area contributed by atoms with Gasteiger partial charge in [0.15, 0.2) is 5.78 Å². The number of hydrogen-bond donors (Lipinski definition) is 1. The molecule has 0 atom stereocenters. The van der Waals surface area contributed by atoms with Crippen LogP contribution in [0.2, 0.25) is 0 Å². The summed E-state index contributed by atoms with van der Waals surface area (Å²) in [6.07, 6.45) is 5.13. The predicted molar refractivity (Wildman–Crippen MR) is 72.2 cm³/mol. The van der Waals surface area contributed by atoms with Gasteiger partial charge in [0, 0.05) is 17.2 Å². The zero-order valence-corrected chi connectivity index (χ0v) is 10.6. The number of nitrogens with two attached hydrogens (primary N) is 1. The molecule has 0 aromatic heterocycles. The summed E-state index contributed by atoms with van der Waals surface area (Å²) < 4.78 is 0. The van der Waals surface area contributed by atoms with E-state index in [1.54, 1.807) is 6.08 Å². The first-order chi connectivity index (χ1) is 7.89. The summed E-state index contributed by atoms with van der Waals surface area (Å²) in [5, 5.41) is 0. The third-order valence-electron chi connectivity index (χ3n) is 2.30. The van der Waals surface area contributed by atoms with E-state index in [1.165, 1.54) is 6.08 Å². The number of hydrogen-bond acceptors (Lipinski definition) is 2. The molecule has 90 valence electrons. The van der Waals surface area contributed by atoms with Gasteiger partial charge >= 0.3 is 0 Å². The highest BCUT2D eigenvalue weighted by molar-refractivity contribution is 5.94. The molecule has 0 aliphatic heterocycles. The molecule has 0 radical (unpaired) electrons. The fraction of sp³-hybridized carbons (Fsp3) is 0.267. The highest BCUT2D eigenvalue weighted by Gasteiger charge is 2.18. The van der Waals surface area contributed by atoms with Crippen LogP contribution >= 0.6 is 0 Å². The van der Waals surface area contributed by atoms with Crippen LogP contribution < -0.4 is 5.73 Å². The van der Waals surface area contributed by atoms with E-state index < -0.39 is 0 Å². The third-order valence-corrected chi connectivity index (χ3v) is 2.30. The van der Waals surface area contributed by atoms with Crippen molar-refractivity contribution < 1.29 is 4.79 Å². The number of rotatable bonds is 3. The third kappa shape index (κ3) is 4.68. The van der Waals surface area contributed by atoms with Gasteiger partial charge in [0.05, 0.1) is 0 Å². The molecule has 0 amide bonds. The van der Waals surface area contributed by atoms with Gasteiger partial charge in [0.1, 0.15) is 0 Å². The van der Waals surface area contributed by atoms with Crippen LogP contribution in [0.15, 0.2) is 48.2 Å². The quantitative estimate of drug-likeness (QED) is 0.639. The van der Waals surface area contributed by atoms with Gasteiger partial charge in [-0.1, -0.05) is 57.2 Å². The van der Waals surface area contributed by atoms with Crippen molar-refractivity contribution in [3.63, 3.8) is 0 Å². The standard InChI is InChI=1S/C15H19NO/c1-15(2,3)14(17)11-13(16)10-9-12-7-5-4-6-8-12/h4-11H,16H2,1-3H3/b10-9+,13-11?. The Kier molecular flexibility index (Phi) is 4.27. The second-order valence-corrected chi connectivity index (χ2v) is 5.00. The Morgan fingerprint density at radius 3 is 2.29 bits per heavy atom. The minimum Gasteiger partial charge on any atom is -0.399 e. The van der Waals surface area contributed by atoms with Gasteiger partial charge in [-0.25, -0.2) is 0 Å². The van der Waals surface area contributed by atoms with Gasteiger partial charge in [-0.05, 0) is 11.6 Å². The molecule has 0 saturated carbocycles. The molecule has 0 fully saturated rings. The highest BCUT2D eigenvalue weighted by Crippen LogP contribution is 2.15. The molecular weight excluding hydrogens is 210 g/mol. The Hall–Kier alpha value is -1.83. The number of ketones is 1. The van der Waals surface area contributed by atoms with Crippen molar-refractivity contribution in [3.05, 3.63) is 53.7 Å². The number of benzene rings is 1. The fourth-order valence-electron chi connectivity index (χ4n) is 1.17. The largest absolute Gasteiger partial charge is 0.399 e. The second-order valence-electron chi connectivity index (χ2n) is 5.00. The molecule has 2 nitrogen and oxygen atoms in total. The maximum absolute atomic E-state index is 11.7. The lowest BCUT2D eigenvalue weighted by Crippen LogP contribution is -2.18. The van der Waals surface area contributed by atoms with Gasteiger partial charge < -0.3 is 5.73 Å². The molecule has 0 saturated heterocycles. The molecule has 1 rings (SSSR count).